The molecule has 4 rings (SSSR count). The number of fused-ring (bicyclic) bond motifs is 1. The lowest BCUT2D eigenvalue weighted by Crippen LogP contribution is -2.38. The minimum Gasteiger partial charge on any atom is -0.493 e. The second-order valence-electron chi connectivity index (χ2n) is 8.73. The minimum atomic E-state index is -4.36. The summed E-state index contributed by atoms with van der Waals surface area (Å²) in [6.07, 6.45) is -1.33. The normalized spacial score (nSPS) is 15.0. The van der Waals surface area contributed by atoms with E-state index in [1.807, 2.05) is 42.5 Å². The molecule has 0 spiro atoms. The lowest BCUT2D eigenvalue weighted by molar-refractivity contribution is -0.137. The first-order valence-electron chi connectivity index (χ1n) is 11.8. The maximum Gasteiger partial charge on any atom is 0.416 e. The zero-order valence-electron chi connectivity index (χ0n) is 19.6. The van der Waals surface area contributed by atoms with E-state index in [2.05, 4.69) is 16.7 Å². The van der Waals surface area contributed by atoms with Crippen LogP contribution in [0.5, 0.6) is 5.75 Å². The van der Waals surface area contributed by atoms with Crippen LogP contribution in [0.4, 0.5) is 13.2 Å². The van der Waals surface area contributed by atoms with Crippen LogP contribution in [0.25, 0.3) is 0 Å². The third kappa shape index (κ3) is 6.22. The van der Waals surface area contributed by atoms with Crippen LogP contribution >= 0.6 is 0 Å². The molecule has 0 saturated heterocycles. The van der Waals surface area contributed by atoms with Crippen molar-refractivity contribution in [3.05, 3.63) is 101 Å². The Morgan fingerprint density at radius 1 is 1.00 bits per heavy atom. The van der Waals surface area contributed by atoms with E-state index in [9.17, 15) is 18.0 Å². The van der Waals surface area contributed by atoms with Gasteiger partial charge in [0.25, 0.3) is 0 Å². The average molecular weight is 483 g/mol. The molecular formula is C28H29F3N2O2. The highest BCUT2D eigenvalue weighted by molar-refractivity contribution is 5.83. The van der Waals surface area contributed by atoms with Gasteiger partial charge in [-0.15, -0.1) is 0 Å². The molecular weight excluding hydrogens is 453 g/mol. The Labute approximate surface area is 203 Å². The summed E-state index contributed by atoms with van der Waals surface area (Å²) in [5.74, 6) is 0.726. The van der Waals surface area contributed by atoms with E-state index in [1.54, 1.807) is 7.05 Å². The second kappa shape index (κ2) is 11.0. The number of likely N-dealkylation sites (N-methyl/N-ethyl adjacent to an activating group) is 1. The molecule has 2 N–H and O–H groups in total. The molecule has 1 unspecified atom stereocenters. The maximum absolute atomic E-state index is 12.9. The lowest BCUT2D eigenvalue weighted by atomic mass is 9.93. The highest BCUT2D eigenvalue weighted by Crippen LogP contribution is 2.32. The monoisotopic (exact) mass is 482 g/mol. The molecule has 7 heteroatoms. The van der Waals surface area contributed by atoms with E-state index in [0.717, 1.165) is 53.0 Å². The molecule has 1 aliphatic rings. The number of ether oxygens (including phenoxy) is 1. The molecule has 0 radical (unpaired) electrons. The Balaban J connectivity index is 1.60. The molecule has 184 valence electrons. The van der Waals surface area contributed by atoms with Crippen molar-refractivity contribution >= 4 is 5.91 Å². The zero-order valence-corrected chi connectivity index (χ0v) is 19.6. The number of nitrogens with one attached hydrogen (secondary N) is 2. The van der Waals surface area contributed by atoms with E-state index in [1.165, 1.54) is 12.1 Å². The van der Waals surface area contributed by atoms with Gasteiger partial charge in [0.2, 0.25) is 5.91 Å². The summed E-state index contributed by atoms with van der Waals surface area (Å²) in [7, 11) is 1.60. The van der Waals surface area contributed by atoms with Crippen LogP contribution in [0.3, 0.4) is 0 Å². The summed E-state index contributed by atoms with van der Waals surface area (Å²) in [6, 6.07) is 20.1. The molecule has 0 fully saturated rings. The first-order chi connectivity index (χ1) is 16.8. The van der Waals surface area contributed by atoms with E-state index < -0.39 is 17.8 Å². The highest BCUT2D eigenvalue weighted by Gasteiger charge is 2.30. The fourth-order valence-corrected chi connectivity index (χ4v) is 4.43. The predicted octanol–water partition coefficient (Wildman–Crippen LogP) is 5.78. The SMILES string of the molecule is CNC(=O)C(N[C@@H](CCc1ccc(C(F)(F)F)cc1)c1ccc2c(c1)CCCO2)c1ccccc1. The molecule has 1 aliphatic heterocycles. The van der Waals surface area contributed by atoms with Crippen molar-refractivity contribution in [2.24, 2.45) is 0 Å². The van der Waals surface area contributed by atoms with Crippen molar-refractivity contribution in [1.29, 1.82) is 0 Å². The number of carbonyl (C=O) groups excluding carboxylic acids is 1. The van der Waals surface area contributed by atoms with Crippen molar-refractivity contribution in [1.82, 2.24) is 10.6 Å². The van der Waals surface area contributed by atoms with Gasteiger partial charge in [-0.05, 0) is 66.1 Å². The first kappa shape index (κ1) is 24.8. The molecule has 1 amide bonds. The van der Waals surface area contributed by atoms with Crippen molar-refractivity contribution in [3.63, 3.8) is 0 Å². The van der Waals surface area contributed by atoms with Gasteiger partial charge in [0.1, 0.15) is 11.8 Å². The Morgan fingerprint density at radius 2 is 1.74 bits per heavy atom. The van der Waals surface area contributed by atoms with Gasteiger partial charge in [-0.2, -0.15) is 13.2 Å². The van der Waals surface area contributed by atoms with Crippen LogP contribution in [-0.4, -0.2) is 19.6 Å². The number of halogens is 3. The van der Waals surface area contributed by atoms with Gasteiger partial charge in [-0.1, -0.05) is 54.6 Å². The van der Waals surface area contributed by atoms with Crippen LogP contribution in [0.1, 0.15) is 52.7 Å². The second-order valence-corrected chi connectivity index (χ2v) is 8.73. The van der Waals surface area contributed by atoms with Gasteiger partial charge in [-0.25, -0.2) is 0 Å². The Bertz CT molecular complexity index is 1130. The largest absolute Gasteiger partial charge is 0.493 e. The van der Waals surface area contributed by atoms with Gasteiger partial charge in [0.15, 0.2) is 0 Å². The third-order valence-electron chi connectivity index (χ3n) is 6.35. The summed E-state index contributed by atoms with van der Waals surface area (Å²) in [5, 5.41) is 6.25. The zero-order chi connectivity index (χ0) is 24.8. The number of aryl methyl sites for hydroxylation is 2. The number of amides is 1. The molecule has 0 saturated carbocycles. The summed E-state index contributed by atoms with van der Waals surface area (Å²) in [6.45, 7) is 0.703. The van der Waals surface area contributed by atoms with Crippen molar-refractivity contribution in [3.8, 4) is 5.75 Å². The molecule has 0 aliphatic carbocycles. The Kier molecular flexibility index (Phi) is 7.76. The highest BCUT2D eigenvalue weighted by atomic mass is 19.4. The van der Waals surface area contributed by atoms with Gasteiger partial charge in [0.05, 0.1) is 12.2 Å². The minimum absolute atomic E-state index is 0.156. The molecule has 0 aromatic heterocycles. The van der Waals surface area contributed by atoms with Crippen molar-refractivity contribution in [2.75, 3.05) is 13.7 Å². The topological polar surface area (TPSA) is 50.4 Å². The van der Waals surface area contributed by atoms with Gasteiger partial charge >= 0.3 is 6.18 Å². The number of hydrogen-bond acceptors (Lipinski definition) is 3. The smallest absolute Gasteiger partial charge is 0.416 e. The summed E-state index contributed by atoms with van der Waals surface area (Å²) < 4.78 is 44.6. The molecule has 2 atom stereocenters. The lowest BCUT2D eigenvalue weighted by Gasteiger charge is -2.27. The Hall–Kier alpha value is -3.32. The number of benzene rings is 3. The third-order valence-corrected chi connectivity index (χ3v) is 6.35. The fraction of sp³-hybridized carbons (Fsp3) is 0.321. The molecule has 4 nitrogen and oxygen atoms in total. The number of rotatable bonds is 8. The number of alkyl halides is 3. The van der Waals surface area contributed by atoms with Gasteiger partial charge in [-0.3, -0.25) is 10.1 Å². The van der Waals surface area contributed by atoms with Gasteiger partial charge < -0.3 is 10.1 Å². The maximum atomic E-state index is 12.9. The number of hydrogen-bond donors (Lipinski definition) is 2. The van der Waals surface area contributed by atoms with Crippen LogP contribution < -0.4 is 15.4 Å². The molecule has 3 aromatic rings. The predicted molar refractivity (Wildman–Crippen MR) is 129 cm³/mol. The van der Waals surface area contributed by atoms with Crippen molar-refractivity contribution in [2.45, 2.75) is 43.9 Å². The molecule has 0 bridgehead atoms. The van der Waals surface area contributed by atoms with E-state index in [4.69, 9.17) is 4.74 Å². The molecule has 3 aromatic carbocycles. The summed E-state index contributed by atoms with van der Waals surface area (Å²) in [4.78, 5) is 12.8. The number of carbonyl (C=O) groups is 1. The average Bonchev–Trinajstić information content (AvgIpc) is 2.88. The van der Waals surface area contributed by atoms with Crippen molar-refractivity contribution < 1.29 is 22.7 Å². The van der Waals surface area contributed by atoms with Crippen LogP contribution in [0.15, 0.2) is 72.8 Å². The standard InChI is InChI=1S/C28H29F3N2O2/c1-32-27(34)26(20-6-3-2-4-7-20)33-24(21-12-16-25-22(18-21)8-5-17-35-25)15-11-19-9-13-23(14-10-19)28(29,30)31/h2-4,6-7,9-10,12-14,16,18,24,26,33H,5,8,11,15,17H2,1H3,(H,32,34)/t24-,26?/m0/s1. The molecule has 1 heterocycles. The van der Waals surface area contributed by atoms with E-state index in [0.29, 0.717) is 19.4 Å². The molecule has 35 heavy (non-hydrogen) atoms. The van der Waals surface area contributed by atoms with Crippen LogP contribution in [0.2, 0.25) is 0 Å². The van der Waals surface area contributed by atoms with Crippen LogP contribution in [-0.2, 0) is 23.8 Å². The summed E-state index contributed by atoms with van der Waals surface area (Å²) >= 11 is 0. The van der Waals surface area contributed by atoms with Crippen LogP contribution in [0, 0.1) is 0 Å². The Morgan fingerprint density at radius 3 is 2.43 bits per heavy atom. The van der Waals surface area contributed by atoms with Gasteiger partial charge in [0, 0.05) is 13.1 Å². The van der Waals surface area contributed by atoms with E-state index >= 15 is 0 Å². The fourth-order valence-electron chi connectivity index (χ4n) is 4.43. The summed E-state index contributed by atoms with van der Waals surface area (Å²) in [5.41, 5.74) is 3.14. The first-order valence-corrected chi connectivity index (χ1v) is 11.8. The quantitative estimate of drug-likeness (QED) is 0.428. The van der Waals surface area contributed by atoms with E-state index in [-0.39, 0.29) is 11.9 Å².